The van der Waals surface area contributed by atoms with Crippen LogP contribution in [0.15, 0.2) is 23.4 Å². The first kappa shape index (κ1) is 19.1. The van der Waals surface area contributed by atoms with Gasteiger partial charge in [0.25, 0.3) is 5.91 Å². The second-order valence-electron chi connectivity index (χ2n) is 4.87. The lowest BCUT2D eigenvalue weighted by atomic mass is 10.1. The highest BCUT2D eigenvalue weighted by atomic mass is 35.5. The summed E-state index contributed by atoms with van der Waals surface area (Å²) in [7, 11) is 1.84. The number of carbonyl (C=O) groups is 1. The summed E-state index contributed by atoms with van der Waals surface area (Å²) in [6.07, 6.45) is 2.12. The predicted octanol–water partition coefficient (Wildman–Crippen LogP) is 2.80. The molecular formula is C13H17ClF3N3OS. The number of nitrogens with zero attached hydrogens (tertiary/aromatic N) is 2. The Bertz CT molecular complexity index is 516. The summed E-state index contributed by atoms with van der Waals surface area (Å²) < 4.78 is 37.5. The monoisotopic (exact) mass is 355 g/mol. The molecule has 1 aromatic heterocycles. The summed E-state index contributed by atoms with van der Waals surface area (Å²) in [5.74, 6) is -0.0391. The molecule has 1 aliphatic rings. The van der Waals surface area contributed by atoms with Crippen molar-refractivity contribution in [2.75, 3.05) is 26.7 Å². The first-order valence-corrected chi connectivity index (χ1v) is 7.37. The van der Waals surface area contributed by atoms with Crippen LogP contribution >= 0.6 is 24.2 Å². The minimum absolute atomic E-state index is 0. The fourth-order valence-corrected chi connectivity index (χ4v) is 2.99. The first-order valence-electron chi connectivity index (χ1n) is 6.55. The van der Waals surface area contributed by atoms with E-state index in [0.29, 0.717) is 19.0 Å². The standard InChI is InChI=1S/C13H16F3N3OS.ClH/c1-17-7-9-4-6-19(8-9)12(20)10-3-2-5-18-11(10)21-13(14,15)16;/h2-3,5,9,17H,4,6-8H2,1H3;1H. The number of rotatable bonds is 4. The number of likely N-dealkylation sites (tertiary alicyclic amines) is 1. The highest BCUT2D eigenvalue weighted by molar-refractivity contribution is 8.00. The van der Waals surface area contributed by atoms with E-state index in [4.69, 9.17) is 0 Å². The first-order chi connectivity index (χ1) is 9.90. The van der Waals surface area contributed by atoms with Gasteiger partial charge in [-0.05, 0) is 38.1 Å². The van der Waals surface area contributed by atoms with Crippen molar-refractivity contribution < 1.29 is 18.0 Å². The molecule has 1 N–H and O–H groups in total. The van der Waals surface area contributed by atoms with Gasteiger partial charge < -0.3 is 10.2 Å². The molecule has 0 saturated carbocycles. The Hall–Kier alpha value is -0.990. The minimum atomic E-state index is -4.46. The number of hydrogen-bond acceptors (Lipinski definition) is 4. The Morgan fingerprint density at radius 3 is 2.91 bits per heavy atom. The van der Waals surface area contributed by atoms with Crippen molar-refractivity contribution in [2.45, 2.75) is 17.0 Å². The fourth-order valence-electron chi connectivity index (χ4n) is 2.39. The maximum Gasteiger partial charge on any atom is 0.447 e. The number of alkyl halides is 3. The van der Waals surface area contributed by atoms with Gasteiger partial charge in [0, 0.05) is 31.0 Å². The molecule has 2 heterocycles. The van der Waals surface area contributed by atoms with E-state index in [1.807, 2.05) is 7.05 Å². The zero-order valence-corrected chi connectivity index (χ0v) is 13.5. The van der Waals surface area contributed by atoms with Gasteiger partial charge in [0.15, 0.2) is 0 Å². The molecule has 9 heteroatoms. The van der Waals surface area contributed by atoms with Crippen LogP contribution in [-0.2, 0) is 0 Å². The van der Waals surface area contributed by atoms with E-state index in [-0.39, 0.29) is 40.7 Å². The lowest BCUT2D eigenvalue weighted by Gasteiger charge is -2.18. The molecule has 124 valence electrons. The maximum absolute atomic E-state index is 12.5. The third-order valence-electron chi connectivity index (χ3n) is 3.28. The topological polar surface area (TPSA) is 45.2 Å². The van der Waals surface area contributed by atoms with Crippen LogP contribution in [0.4, 0.5) is 13.2 Å². The lowest BCUT2D eigenvalue weighted by molar-refractivity contribution is -0.0329. The van der Waals surface area contributed by atoms with Crippen LogP contribution in [0.3, 0.4) is 0 Å². The SMILES string of the molecule is CNCC1CCN(C(=O)c2cccnc2SC(F)(F)F)C1.Cl. The normalized spacial score (nSPS) is 18.2. The highest BCUT2D eigenvalue weighted by Gasteiger charge is 2.34. The Morgan fingerprint density at radius 2 is 2.27 bits per heavy atom. The number of halogens is 4. The van der Waals surface area contributed by atoms with E-state index in [9.17, 15) is 18.0 Å². The highest BCUT2D eigenvalue weighted by Crippen LogP contribution is 2.37. The largest absolute Gasteiger partial charge is 0.447 e. The quantitative estimate of drug-likeness (QED) is 0.844. The summed E-state index contributed by atoms with van der Waals surface area (Å²) in [6.45, 7) is 1.92. The maximum atomic E-state index is 12.5. The number of carbonyl (C=O) groups excluding carboxylic acids is 1. The van der Waals surface area contributed by atoms with Crippen molar-refractivity contribution in [1.29, 1.82) is 0 Å². The number of aromatic nitrogens is 1. The molecule has 0 aromatic carbocycles. The number of hydrogen-bond donors (Lipinski definition) is 1. The molecule has 1 atom stereocenters. The molecule has 0 bridgehead atoms. The summed E-state index contributed by atoms with van der Waals surface area (Å²) in [5.41, 5.74) is -4.44. The van der Waals surface area contributed by atoms with Crippen LogP contribution in [0.2, 0.25) is 0 Å². The van der Waals surface area contributed by atoms with E-state index >= 15 is 0 Å². The third kappa shape index (κ3) is 5.03. The smallest absolute Gasteiger partial charge is 0.338 e. The van der Waals surface area contributed by atoms with E-state index in [0.717, 1.165) is 13.0 Å². The predicted molar refractivity (Wildman–Crippen MR) is 81.3 cm³/mol. The second kappa shape index (κ2) is 8.03. The molecule has 22 heavy (non-hydrogen) atoms. The molecule has 2 rings (SSSR count). The van der Waals surface area contributed by atoms with Crippen LogP contribution in [0.25, 0.3) is 0 Å². The zero-order chi connectivity index (χ0) is 15.5. The van der Waals surface area contributed by atoms with Gasteiger partial charge in [0.2, 0.25) is 0 Å². The van der Waals surface area contributed by atoms with E-state index in [2.05, 4.69) is 10.3 Å². The van der Waals surface area contributed by atoms with E-state index in [1.54, 1.807) is 4.90 Å². The van der Waals surface area contributed by atoms with Crippen molar-refractivity contribution in [3.63, 3.8) is 0 Å². The van der Waals surface area contributed by atoms with Crippen molar-refractivity contribution in [3.8, 4) is 0 Å². The van der Waals surface area contributed by atoms with Gasteiger partial charge in [0.05, 0.1) is 5.56 Å². The Labute approximate surface area is 137 Å². The molecule has 0 radical (unpaired) electrons. The summed E-state index contributed by atoms with van der Waals surface area (Å²) in [5, 5.41) is 2.76. The average Bonchev–Trinajstić information content (AvgIpc) is 2.86. The molecule has 0 spiro atoms. The van der Waals surface area contributed by atoms with Crippen LogP contribution < -0.4 is 5.32 Å². The van der Waals surface area contributed by atoms with Crippen molar-refractivity contribution in [2.24, 2.45) is 5.92 Å². The van der Waals surface area contributed by atoms with Gasteiger partial charge in [-0.15, -0.1) is 12.4 Å². The van der Waals surface area contributed by atoms with Gasteiger partial charge in [0.1, 0.15) is 5.03 Å². The molecule has 0 aliphatic carbocycles. The van der Waals surface area contributed by atoms with Crippen LogP contribution in [0.5, 0.6) is 0 Å². The molecule has 1 fully saturated rings. The Kier molecular flexibility index (Phi) is 6.96. The van der Waals surface area contributed by atoms with Crippen molar-refractivity contribution in [3.05, 3.63) is 23.9 Å². The fraction of sp³-hybridized carbons (Fsp3) is 0.538. The van der Waals surface area contributed by atoms with Crippen LogP contribution in [-0.4, -0.2) is 48.0 Å². The lowest BCUT2D eigenvalue weighted by Crippen LogP contribution is -2.31. The molecule has 1 aromatic rings. The summed E-state index contributed by atoms with van der Waals surface area (Å²) in [6, 6.07) is 2.88. The Balaban J connectivity index is 0.00000242. The molecule has 1 aliphatic heterocycles. The van der Waals surface area contributed by atoms with Crippen LogP contribution in [0, 0.1) is 5.92 Å². The van der Waals surface area contributed by atoms with Crippen molar-refractivity contribution >= 4 is 30.1 Å². The number of thioether (sulfide) groups is 1. The van der Waals surface area contributed by atoms with E-state index < -0.39 is 5.51 Å². The van der Waals surface area contributed by atoms with Gasteiger partial charge in [-0.1, -0.05) is 0 Å². The van der Waals surface area contributed by atoms with Gasteiger partial charge >= 0.3 is 5.51 Å². The molecule has 1 unspecified atom stereocenters. The average molecular weight is 356 g/mol. The molecule has 1 saturated heterocycles. The Morgan fingerprint density at radius 1 is 1.55 bits per heavy atom. The van der Waals surface area contributed by atoms with Gasteiger partial charge in [-0.3, -0.25) is 4.79 Å². The number of nitrogens with one attached hydrogen (secondary N) is 1. The van der Waals surface area contributed by atoms with Gasteiger partial charge in [-0.2, -0.15) is 13.2 Å². The van der Waals surface area contributed by atoms with Gasteiger partial charge in [-0.25, -0.2) is 4.98 Å². The molecule has 4 nitrogen and oxygen atoms in total. The summed E-state index contributed by atoms with van der Waals surface area (Å²) >= 11 is -0.345. The summed E-state index contributed by atoms with van der Waals surface area (Å²) in [4.78, 5) is 17.7. The van der Waals surface area contributed by atoms with E-state index in [1.165, 1.54) is 18.3 Å². The number of pyridine rings is 1. The molecule has 1 amide bonds. The number of amides is 1. The van der Waals surface area contributed by atoms with Crippen LogP contribution in [0.1, 0.15) is 16.8 Å². The minimum Gasteiger partial charge on any atom is -0.338 e. The van der Waals surface area contributed by atoms with Crippen molar-refractivity contribution in [1.82, 2.24) is 15.2 Å². The second-order valence-corrected chi connectivity index (χ2v) is 5.92. The molecular weight excluding hydrogens is 339 g/mol. The zero-order valence-electron chi connectivity index (χ0n) is 11.9. The third-order valence-corrected chi connectivity index (χ3v) is 4.03.